The van der Waals surface area contributed by atoms with Gasteiger partial charge in [0.15, 0.2) is 5.82 Å². The third-order valence-electron chi connectivity index (χ3n) is 4.43. The van der Waals surface area contributed by atoms with Gasteiger partial charge in [0.25, 0.3) is 0 Å². The molecule has 0 saturated carbocycles. The number of carbonyl (C=O) groups excluding carboxylic acids is 2. The topological polar surface area (TPSA) is 74.7 Å². The quantitative estimate of drug-likeness (QED) is 0.707. The van der Waals surface area contributed by atoms with E-state index in [2.05, 4.69) is 15.3 Å². The van der Waals surface area contributed by atoms with E-state index in [1.54, 1.807) is 42.6 Å². The maximum Gasteiger partial charge on any atom is 0.244 e. The van der Waals surface area contributed by atoms with Crippen molar-refractivity contribution in [3.8, 4) is 0 Å². The van der Waals surface area contributed by atoms with Crippen molar-refractivity contribution in [1.82, 2.24) is 4.98 Å². The Labute approximate surface area is 172 Å². The van der Waals surface area contributed by atoms with E-state index in [0.29, 0.717) is 27.9 Å². The summed E-state index contributed by atoms with van der Waals surface area (Å²) in [4.78, 5) is 35.9. The number of nitrogens with zero attached hydrogens (tertiary/aromatic N) is 3. The van der Waals surface area contributed by atoms with Crippen LogP contribution in [-0.2, 0) is 9.59 Å². The molecule has 0 aliphatic carbocycles. The summed E-state index contributed by atoms with van der Waals surface area (Å²) in [5.41, 5.74) is 2.66. The summed E-state index contributed by atoms with van der Waals surface area (Å²) in [6.07, 6.45) is 1.66. The van der Waals surface area contributed by atoms with Crippen LogP contribution >= 0.6 is 11.6 Å². The Morgan fingerprint density at radius 1 is 1.03 bits per heavy atom. The Bertz CT molecular complexity index is 1080. The van der Waals surface area contributed by atoms with E-state index in [0.717, 1.165) is 5.56 Å². The number of amides is 2. The summed E-state index contributed by atoms with van der Waals surface area (Å²) < 4.78 is 0. The van der Waals surface area contributed by atoms with Gasteiger partial charge in [-0.25, -0.2) is 9.98 Å². The Morgan fingerprint density at radius 2 is 1.79 bits per heavy atom. The highest BCUT2D eigenvalue weighted by molar-refractivity contribution is 6.30. The first-order valence-electron chi connectivity index (χ1n) is 9.04. The van der Waals surface area contributed by atoms with Crippen LogP contribution in [0.5, 0.6) is 0 Å². The van der Waals surface area contributed by atoms with Crippen LogP contribution in [0.15, 0.2) is 77.9 Å². The van der Waals surface area contributed by atoms with Crippen molar-refractivity contribution < 1.29 is 9.59 Å². The van der Waals surface area contributed by atoms with E-state index in [1.807, 2.05) is 30.3 Å². The molecule has 1 aromatic heterocycles. The molecule has 2 heterocycles. The number of hydrogen-bond acceptors (Lipinski definition) is 4. The first kappa shape index (κ1) is 18.8. The van der Waals surface area contributed by atoms with Crippen molar-refractivity contribution in [2.45, 2.75) is 6.42 Å². The normalized spacial score (nSPS) is 13.3. The van der Waals surface area contributed by atoms with Crippen molar-refractivity contribution in [3.05, 3.63) is 83.5 Å². The van der Waals surface area contributed by atoms with E-state index >= 15 is 0 Å². The van der Waals surface area contributed by atoms with Crippen molar-refractivity contribution >= 4 is 46.3 Å². The van der Waals surface area contributed by atoms with Crippen LogP contribution in [0, 0.1) is 0 Å². The van der Waals surface area contributed by atoms with Crippen LogP contribution in [-0.4, -0.2) is 29.1 Å². The number of fused-ring (bicyclic) bond motifs is 1. The molecule has 0 radical (unpaired) electrons. The number of aromatic nitrogens is 1. The molecule has 3 aromatic rings. The average molecular weight is 405 g/mol. The summed E-state index contributed by atoms with van der Waals surface area (Å²) >= 11 is 5.87. The van der Waals surface area contributed by atoms with Crippen LogP contribution in [0.1, 0.15) is 12.0 Å². The second-order valence-corrected chi connectivity index (χ2v) is 6.92. The first-order valence-corrected chi connectivity index (χ1v) is 9.42. The van der Waals surface area contributed by atoms with E-state index in [1.165, 1.54) is 4.90 Å². The van der Waals surface area contributed by atoms with Crippen molar-refractivity contribution in [2.24, 2.45) is 4.99 Å². The third kappa shape index (κ3) is 4.33. The number of benzene rings is 2. The standard InChI is InChI=1S/C22H17ClN4O2/c23-16-8-10-17(11-9-16)25-20(28)14-27-21(29)13-19(15-5-2-1-3-6-15)26-18-7-4-12-24-22(18)27/h1-12H,13-14H2,(H,25,28). The van der Waals surface area contributed by atoms with E-state index in [-0.39, 0.29) is 24.8 Å². The van der Waals surface area contributed by atoms with Gasteiger partial charge in [-0.1, -0.05) is 41.9 Å². The van der Waals surface area contributed by atoms with E-state index < -0.39 is 0 Å². The second kappa shape index (κ2) is 8.24. The Kier molecular flexibility index (Phi) is 5.35. The molecule has 1 aliphatic rings. The largest absolute Gasteiger partial charge is 0.325 e. The Morgan fingerprint density at radius 3 is 2.55 bits per heavy atom. The molecule has 144 valence electrons. The molecule has 1 N–H and O–H groups in total. The van der Waals surface area contributed by atoms with E-state index in [4.69, 9.17) is 11.6 Å². The van der Waals surface area contributed by atoms with Crippen molar-refractivity contribution in [1.29, 1.82) is 0 Å². The lowest BCUT2D eigenvalue weighted by Gasteiger charge is -2.20. The number of nitrogens with one attached hydrogen (secondary N) is 1. The molecule has 4 rings (SSSR count). The summed E-state index contributed by atoms with van der Waals surface area (Å²) in [5, 5.41) is 3.35. The molecular weight excluding hydrogens is 388 g/mol. The molecule has 0 fully saturated rings. The molecule has 0 unspecified atom stereocenters. The lowest BCUT2D eigenvalue weighted by molar-refractivity contribution is -0.120. The fourth-order valence-electron chi connectivity index (χ4n) is 3.06. The second-order valence-electron chi connectivity index (χ2n) is 6.48. The maximum absolute atomic E-state index is 13.0. The van der Waals surface area contributed by atoms with Gasteiger partial charge >= 0.3 is 0 Å². The minimum Gasteiger partial charge on any atom is -0.325 e. The maximum atomic E-state index is 13.0. The predicted molar refractivity (Wildman–Crippen MR) is 114 cm³/mol. The number of pyridine rings is 1. The average Bonchev–Trinajstić information content (AvgIpc) is 2.87. The fourth-order valence-corrected chi connectivity index (χ4v) is 3.19. The molecule has 0 atom stereocenters. The summed E-state index contributed by atoms with van der Waals surface area (Å²) in [6, 6.07) is 19.8. The number of aliphatic imine (C=N–C) groups is 1. The van der Waals surface area contributed by atoms with Gasteiger partial charge in [-0.15, -0.1) is 0 Å². The molecule has 29 heavy (non-hydrogen) atoms. The minimum absolute atomic E-state index is 0.0780. The van der Waals surface area contributed by atoms with Gasteiger partial charge in [0, 0.05) is 16.9 Å². The molecule has 2 amide bonds. The Hall–Kier alpha value is -3.51. The summed E-state index contributed by atoms with van der Waals surface area (Å²) in [5.74, 6) is -0.202. The van der Waals surface area contributed by atoms with Crippen LogP contribution in [0.25, 0.3) is 0 Å². The molecular formula is C22H17ClN4O2. The molecule has 7 heteroatoms. The van der Waals surface area contributed by atoms with Gasteiger partial charge in [-0.05, 0) is 42.0 Å². The fraction of sp³-hybridized carbons (Fsp3) is 0.0909. The van der Waals surface area contributed by atoms with Crippen LogP contribution in [0.4, 0.5) is 17.2 Å². The highest BCUT2D eigenvalue weighted by atomic mass is 35.5. The highest BCUT2D eigenvalue weighted by Crippen LogP contribution is 2.30. The summed E-state index contributed by atoms with van der Waals surface area (Å²) in [6.45, 7) is -0.164. The highest BCUT2D eigenvalue weighted by Gasteiger charge is 2.27. The zero-order valence-electron chi connectivity index (χ0n) is 15.4. The SMILES string of the molecule is O=C(CN1C(=O)CC(c2ccccc2)=Nc2cccnc21)Nc1ccc(Cl)cc1. The van der Waals surface area contributed by atoms with Gasteiger partial charge < -0.3 is 5.32 Å². The van der Waals surface area contributed by atoms with E-state index in [9.17, 15) is 9.59 Å². The van der Waals surface area contributed by atoms with Crippen molar-refractivity contribution in [3.63, 3.8) is 0 Å². The van der Waals surface area contributed by atoms with Gasteiger partial charge in [-0.3, -0.25) is 14.5 Å². The Balaban J connectivity index is 1.60. The third-order valence-corrected chi connectivity index (χ3v) is 4.69. The zero-order valence-corrected chi connectivity index (χ0v) is 16.1. The molecule has 0 saturated heterocycles. The van der Waals surface area contributed by atoms with Crippen LogP contribution in [0.3, 0.4) is 0 Å². The number of rotatable bonds is 4. The van der Waals surface area contributed by atoms with Gasteiger partial charge in [0.05, 0.1) is 12.1 Å². The lowest BCUT2D eigenvalue weighted by atomic mass is 10.1. The molecule has 1 aliphatic heterocycles. The lowest BCUT2D eigenvalue weighted by Crippen LogP contribution is -2.38. The van der Waals surface area contributed by atoms with Gasteiger partial charge in [0.2, 0.25) is 11.8 Å². The number of hydrogen-bond donors (Lipinski definition) is 1. The van der Waals surface area contributed by atoms with Crippen molar-refractivity contribution in [2.75, 3.05) is 16.8 Å². The molecule has 6 nitrogen and oxygen atoms in total. The zero-order chi connectivity index (χ0) is 20.2. The molecule has 2 aromatic carbocycles. The number of halogens is 1. The van der Waals surface area contributed by atoms with Crippen LogP contribution in [0.2, 0.25) is 5.02 Å². The van der Waals surface area contributed by atoms with Gasteiger partial charge in [-0.2, -0.15) is 0 Å². The predicted octanol–water partition coefficient (Wildman–Crippen LogP) is 4.23. The van der Waals surface area contributed by atoms with Gasteiger partial charge in [0.1, 0.15) is 12.2 Å². The number of anilines is 2. The molecule has 0 bridgehead atoms. The first-order chi connectivity index (χ1) is 14.1. The minimum atomic E-state index is -0.333. The molecule has 0 spiro atoms. The monoisotopic (exact) mass is 404 g/mol. The number of carbonyl (C=O) groups is 2. The smallest absolute Gasteiger partial charge is 0.244 e. The van der Waals surface area contributed by atoms with Crippen LogP contribution < -0.4 is 10.2 Å². The summed E-state index contributed by atoms with van der Waals surface area (Å²) in [7, 11) is 0.